The van der Waals surface area contributed by atoms with Crippen LogP contribution in [0.25, 0.3) is 10.4 Å². The lowest BCUT2D eigenvalue weighted by atomic mass is 9.77. The number of amides is 3. The number of anilines is 2. The second kappa shape index (κ2) is 22.1. The number of aliphatic hydroxyl groups is 1. The van der Waals surface area contributed by atoms with Gasteiger partial charge in [-0.3, -0.25) is 24.0 Å². The number of rotatable bonds is 20. The number of β-amino-alcohol motifs (C(OH)–C–C–N with tert-alkyl or cyclic N) is 1. The zero-order chi connectivity index (χ0) is 44.3. The average Bonchev–Trinajstić information content (AvgIpc) is 3.83. The van der Waals surface area contributed by atoms with Crippen molar-refractivity contribution in [2.45, 2.75) is 84.9 Å². The van der Waals surface area contributed by atoms with Crippen molar-refractivity contribution < 1.29 is 47.0 Å². The van der Waals surface area contributed by atoms with E-state index in [4.69, 9.17) is 9.57 Å². The molecule has 12 nitrogen and oxygen atoms in total. The molecule has 0 bridgehead atoms. The molecule has 1 aliphatic rings. The highest BCUT2D eigenvalue weighted by molar-refractivity contribution is 14.1. The fourth-order valence-corrected chi connectivity index (χ4v) is 8.16. The van der Waals surface area contributed by atoms with Crippen molar-refractivity contribution in [3.8, 4) is 10.4 Å². The van der Waals surface area contributed by atoms with Gasteiger partial charge in [0.25, 0.3) is 5.91 Å². The number of thiazole rings is 1. The van der Waals surface area contributed by atoms with Gasteiger partial charge < -0.3 is 25.4 Å². The lowest BCUT2D eigenvalue weighted by Crippen LogP contribution is -2.50. The number of ether oxygens (including phenoxy) is 1. The van der Waals surface area contributed by atoms with Gasteiger partial charge in [0.2, 0.25) is 11.8 Å². The summed E-state index contributed by atoms with van der Waals surface area (Å²) in [6.45, 7) is 8.05. The summed E-state index contributed by atoms with van der Waals surface area (Å²) in [7, 11) is 0. The maximum atomic E-state index is 14.7. The molecule has 1 fully saturated rings. The van der Waals surface area contributed by atoms with Crippen molar-refractivity contribution in [3.63, 3.8) is 0 Å². The fraction of sp³-hybridized carbons (Fsp3) is 0.432. The van der Waals surface area contributed by atoms with Gasteiger partial charge in [-0.15, -0.1) is 11.3 Å². The first-order chi connectivity index (χ1) is 29.0. The topological polar surface area (TPSA) is 159 Å². The number of unbranched alkanes of at least 4 members (excludes halogenated alkanes) is 3. The van der Waals surface area contributed by atoms with E-state index in [1.807, 2.05) is 74.6 Å². The van der Waals surface area contributed by atoms with Crippen molar-refractivity contribution in [2.75, 3.05) is 31.7 Å². The van der Waals surface area contributed by atoms with E-state index in [1.165, 1.54) is 17.0 Å². The fourth-order valence-electron chi connectivity index (χ4n) is 6.89. The number of aliphatic hydroxyl groups excluding tert-OH is 1. The SMILES string of the molecule is Cc1ncsc1-c1ccc(CNC(=O)[C@@H]2C[C@@H](O)CN2C(=O)[C@@H](CC(=O)COCCCCCCONC(=O)c2ccc(F)c(F)c2Nc2ccc(I)cc2F)C(C)(C)C)cc1. The summed E-state index contributed by atoms with van der Waals surface area (Å²) in [5.74, 6) is -5.83. The third kappa shape index (κ3) is 13.3. The van der Waals surface area contributed by atoms with Gasteiger partial charge in [-0.05, 0) is 89.2 Å². The van der Waals surface area contributed by atoms with Crippen LogP contribution in [-0.4, -0.2) is 77.0 Å². The van der Waals surface area contributed by atoms with E-state index in [0.717, 1.165) is 40.3 Å². The monoisotopic (exact) mass is 977 g/mol. The number of Topliss-reactive ketones (excluding diaryl/α,β-unsaturated/α-hetero) is 1. The molecule has 3 aromatic carbocycles. The van der Waals surface area contributed by atoms with Crippen LogP contribution in [-0.2, 0) is 30.5 Å². The molecule has 0 unspecified atom stereocenters. The zero-order valence-corrected chi connectivity index (χ0v) is 37.5. The van der Waals surface area contributed by atoms with Gasteiger partial charge in [-0.25, -0.2) is 23.6 Å². The average molecular weight is 978 g/mol. The Morgan fingerprint density at radius 1 is 0.984 bits per heavy atom. The summed E-state index contributed by atoms with van der Waals surface area (Å²) in [4.78, 5) is 65.2. The highest BCUT2D eigenvalue weighted by Gasteiger charge is 2.44. The van der Waals surface area contributed by atoms with Crippen molar-refractivity contribution >= 4 is 68.8 Å². The molecule has 328 valence electrons. The molecule has 0 radical (unpaired) electrons. The third-order valence-corrected chi connectivity index (χ3v) is 12.0. The van der Waals surface area contributed by atoms with E-state index in [2.05, 4.69) is 21.1 Å². The maximum absolute atomic E-state index is 14.7. The van der Waals surface area contributed by atoms with Gasteiger partial charge in [0.1, 0.15) is 18.5 Å². The Kier molecular flexibility index (Phi) is 17.2. The Morgan fingerprint density at radius 2 is 1.70 bits per heavy atom. The lowest BCUT2D eigenvalue weighted by Gasteiger charge is -2.34. The summed E-state index contributed by atoms with van der Waals surface area (Å²) >= 11 is 3.47. The smallest absolute Gasteiger partial charge is 0.277 e. The molecular weight excluding hydrogens is 926 g/mol. The molecule has 2 heterocycles. The normalized spacial score (nSPS) is 15.7. The molecule has 17 heteroatoms. The summed E-state index contributed by atoms with van der Waals surface area (Å²) in [6.07, 6.45) is 1.77. The van der Waals surface area contributed by atoms with Crippen LogP contribution in [0.2, 0.25) is 0 Å². The molecule has 4 aromatic rings. The van der Waals surface area contributed by atoms with Crippen molar-refractivity contribution in [3.05, 3.63) is 98.0 Å². The Balaban J connectivity index is 1.00. The summed E-state index contributed by atoms with van der Waals surface area (Å²) in [6, 6.07) is 12.9. The highest BCUT2D eigenvalue weighted by atomic mass is 127. The first-order valence-corrected chi connectivity index (χ1v) is 22.0. The summed E-state index contributed by atoms with van der Waals surface area (Å²) in [5, 5.41) is 15.9. The number of halogens is 4. The summed E-state index contributed by atoms with van der Waals surface area (Å²) < 4.78 is 49.3. The first kappa shape index (κ1) is 47.6. The van der Waals surface area contributed by atoms with Crippen LogP contribution in [0.4, 0.5) is 24.5 Å². The van der Waals surface area contributed by atoms with Crippen LogP contribution >= 0.6 is 33.9 Å². The Hall–Kier alpha value is -4.43. The number of nitrogens with zero attached hydrogens (tertiary/aromatic N) is 2. The molecule has 61 heavy (non-hydrogen) atoms. The standard InChI is InChI=1S/C44H51F3IN5O7S/c1-26-40(61-25-50-26)28-11-9-27(10-12-28)22-49-42(57)37-21-30(54)23-53(37)43(58)33(44(2,3)4)20-31(55)24-59-17-7-5-6-8-18-60-52-41(56)32-14-15-34(45)38(47)39(32)51-36-16-13-29(48)19-35(36)46/h9-16,19,25,30,33,37,51,54H,5-8,17-18,20-24H2,1-4H3,(H,49,57)(H,52,56)/t30-,33-,37+/m1/s1. The van der Waals surface area contributed by atoms with Crippen LogP contribution in [0.5, 0.6) is 0 Å². The Labute approximate surface area is 371 Å². The first-order valence-electron chi connectivity index (χ1n) is 20.0. The number of likely N-dealkylation sites (tertiary alicyclic amines) is 1. The Bertz CT molecular complexity index is 2170. The van der Waals surface area contributed by atoms with Crippen LogP contribution in [0.1, 0.15) is 80.9 Å². The number of ketones is 1. The number of hydrogen-bond donors (Lipinski definition) is 4. The third-order valence-electron chi connectivity index (χ3n) is 10.3. The maximum Gasteiger partial charge on any atom is 0.277 e. The van der Waals surface area contributed by atoms with Crippen molar-refractivity contribution in [2.24, 2.45) is 11.3 Å². The second-order valence-electron chi connectivity index (χ2n) is 16.0. The molecule has 0 saturated carbocycles. The van der Waals surface area contributed by atoms with Gasteiger partial charge in [-0.1, -0.05) is 57.9 Å². The van der Waals surface area contributed by atoms with Gasteiger partial charge in [0.15, 0.2) is 17.4 Å². The molecule has 1 aliphatic heterocycles. The molecule has 0 spiro atoms. The van der Waals surface area contributed by atoms with Crippen LogP contribution in [0.3, 0.4) is 0 Å². The molecular formula is C44H51F3IN5O7S. The van der Waals surface area contributed by atoms with E-state index in [1.54, 1.807) is 22.9 Å². The largest absolute Gasteiger partial charge is 0.391 e. The minimum Gasteiger partial charge on any atom is -0.391 e. The predicted octanol–water partition coefficient (Wildman–Crippen LogP) is 8.02. The zero-order valence-electron chi connectivity index (χ0n) is 34.5. The van der Waals surface area contributed by atoms with Gasteiger partial charge >= 0.3 is 0 Å². The number of hydroxylamine groups is 1. The molecule has 1 saturated heterocycles. The minimum atomic E-state index is -1.34. The van der Waals surface area contributed by atoms with Crippen molar-refractivity contribution in [1.29, 1.82) is 0 Å². The molecule has 1 aromatic heterocycles. The molecule has 3 atom stereocenters. The number of hydrogen-bond acceptors (Lipinski definition) is 10. The number of carbonyl (C=O) groups is 4. The number of nitrogens with one attached hydrogen (secondary N) is 3. The minimum absolute atomic E-state index is 0.00219. The van der Waals surface area contributed by atoms with Crippen LogP contribution in [0.15, 0.2) is 60.1 Å². The molecule has 0 aliphatic carbocycles. The van der Waals surface area contributed by atoms with Gasteiger partial charge in [-0.2, -0.15) is 0 Å². The lowest BCUT2D eigenvalue weighted by molar-refractivity contribution is -0.146. The van der Waals surface area contributed by atoms with E-state index in [-0.39, 0.29) is 68.0 Å². The molecule has 4 N–H and O–H groups in total. The highest BCUT2D eigenvalue weighted by Crippen LogP contribution is 2.34. The van der Waals surface area contributed by atoms with Crippen LogP contribution in [0, 0.1) is 39.3 Å². The molecule has 5 rings (SSSR count). The number of benzene rings is 3. The predicted molar refractivity (Wildman–Crippen MR) is 234 cm³/mol. The van der Waals surface area contributed by atoms with E-state index in [0.29, 0.717) is 29.4 Å². The van der Waals surface area contributed by atoms with E-state index < -0.39 is 52.5 Å². The van der Waals surface area contributed by atoms with Crippen LogP contribution < -0.4 is 16.1 Å². The van der Waals surface area contributed by atoms with Crippen molar-refractivity contribution in [1.82, 2.24) is 20.7 Å². The second-order valence-corrected chi connectivity index (χ2v) is 18.1. The summed E-state index contributed by atoms with van der Waals surface area (Å²) in [5.41, 5.74) is 5.33. The van der Waals surface area contributed by atoms with E-state index >= 15 is 0 Å². The number of carbonyl (C=O) groups excluding carboxylic acids is 4. The van der Waals surface area contributed by atoms with Gasteiger partial charge in [0, 0.05) is 42.0 Å². The molecule has 3 amide bonds. The van der Waals surface area contributed by atoms with E-state index in [9.17, 15) is 37.5 Å². The number of aromatic nitrogens is 1. The quantitative estimate of drug-likeness (QED) is 0.0391. The number of aryl methyl sites for hydroxylation is 1. The van der Waals surface area contributed by atoms with Gasteiger partial charge in [0.05, 0.1) is 45.7 Å². The Morgan fingerprint density at radius 3 is 2.38 bits per heavy atom.